The summed E-state index contributed by atoms with van der Waals surface area (Å²) in [6.07, 6.45) is -2.75. The Morgan fingerprint density at radius 1 is 1.50 bits per heavy atom. The van der Waals surface area contributed by atoms with E-state index in [2.05, 4.69) is 36.8 Å². The van der Waals surface area contributed by atoms with Crippen molar-refractivity contribution >= 4 is 37.8 Å². The largest absolute Gasteiger partial charge is 0.478 e. The molecule has 1 aromatic heterocycles. The fourth-order valence-corrected chi connectivity index (χ4v) is 1.75. The van der Waals surface area contributed by atoms with Crippen molar-refractivity contribution < 1.29 is 18.7 Å². The topological polar surface area (TPSA) is 50.2 Å². The smallest absolute Gasteiger partial charge is 0.338 e. The molecule has 1 aromatic rings. The standard InChI is InChI=1S/C7H3Br2F2NO2/c8-3-1-2(7(13)14)5(9)12-4(3)6(10)11/h1,6H,(H,13,14). The maximum absolute atomic E-state index is 12.3. The van der Waals surface area contributed by atoms with Gasteiger partial charge >= 0.3 is 5.97 Å². The van der Waals surface area contributed by atoms with Gasteiger partial charge in [0.15, 0.2) is 0 Å². The Kier molecular flexibility index (Phi) is 3.54. The van der Waals surface area contributed by atoms with Crippen LogP contribution in [0.15, 0.2) is 15.1 Å². The highest BCUT2D eigenvalue weighted by atomic mass is 79.9. The number of alkyl halides is 2. The molecule has 0 fully saturated rings. The second-order valence-corrected chi connectivity index (χ2v) is 3.91. The van der Waals surface area contributed by atoms with Crippen LogP contribution in [0, 0.1) is 0 Å². The number of hydrogen-bond acceptors (Lipinski definition) is 2. The number of carbonyl (C=O) groups is 1. The lowest BCUT2D eigenvalue weighted by Crippen LogP contribution is -2.03. The summed E-state index contributed by atoms with van der Waals surface area (Å²) in [6.45, 7) is 0. The summed E-state index contributed by atoms with van der Waals surface area (Å²) in [5, 5.41) is 8.64. The molecule has 0 aliphatic rings. The van der Waals surface area contributed by atoms with Gasteiger partial charge in [0, 0.05) is 4.47 Å². The molecule has 0 spiro atoms. The van der Waals surface area contributed by atoms with Gasteiger partial charge in [-0.25, -0.2) is 18.6 Å². The van der Waals surface area contributed by atoms with Crippen LogP contribution in [-0.2, 0) is 0 Å². The average Bonchev–Trinajstić information content (AvgIpc) is 2.07. The van der Waals surface area contributed by atoms with Gasteiger partial charge in [0.2, 0.25) is 0 Å². The quantitative estimate of drug-likeness (QED) is 0.847. The van der Waals surface area contributed by atoms with E-state index in [1.807, 2.05) is 0 Å². The van der Waals surface area contributed by atoms with Crippen molar-refractivity contribution in [3.05, 3.63) is 26.4 Å². The van der Waals surface area contributed by atoms with Crippen LogP contribution < -0.4 is 0 Å². The predicted molar refractivity (Wildman–Crippen MR) is 51.6 cm³/mol. The molecule has 0 radical (unpaired) electrons. The van der Waals surface area contributed by atoms with Crippen LogP contribution in [0.1, 0.15) is 22.5 Å². The molecule has 7 heteroatoms. The first-order valence-corrected chi connectivity index (χ1v) is 4.89. The zero-order valence-electron chi connectivity index (χ0n) is 6.47. The van der Waals surface area contributed by atoms with E-state index in [1.54, 1.807) is 0 Å². The highest BCUT2D eigenvalue weighted by molar-refractivity contribution is 9.11. The normalized spacial score (nSPS) is 10.6. The summed E-state index contributed by atoms with van der Waals surface area (Å²) < 4.78 is 24.4. The van der Waals surface area contributed by atoms with Crippen molar-refractivity contribution in [3.8, 4) is 0 Å². The zero-order chi connectivity index (χ0) is 10.9. The van der Waals surface area contributed by atoms with Crippen molar-refractivity contribution in [3.63, 3.8) is 0 Å². The summed E-state index contributed by atoms with van der Waals surface area (Å²) >= 11 is 5.63. The van der Waals surface area contributed by atoms with E-state index in [0.29, 0.717) is 0 Å². The minimum absolute atomic E-state index is 0.0203. The molecule has 0 aromatic carbocycles. The van der Waals surface area contributed by atoms with Crippen LogP contribution in [0.4, 0.5) is 8.78 Å². The van der Waals surface area contributed by atoms with Gasteiger partial charge in [-0.3, -0.25) is 0 Å². The number of aromatic carboxylic acids is 1. The van der Waals surface area contributed by atoms with Gasteiger partial charge in [-0.05, 0) is 37.9 Å². The monoisotopic (exact) mass is 329 g/mol. The van der Waals surface area contributed by atoms with Gasteiger partial charge in [-0.1, -0.05) is 0 Å². The molecule has 0 saturated heterocycles. The first kappa shape index (κ1) is 11.5. The molecule has 0 unspecified atom stereocenters. The fraction of sp³-hybridized carbons (Fsp3) is 0.143. The molecule has 0 saturated carbocycles. The van der Waals surface area contributed by atoms with Crippen molar-refractivity contribution in [1.82, 2.24) is 4.98 Å². The van der Waals surface area contributed by atoms with E-state index < -0.39 is 18.1 Å². The van der Waals surface area contributed by atoms with Crippen molar-refractivity contribution in [2.75, 3.05) is 0 Å². The first-order chi connectivity index (χ1) is 6.43. The number of aromatic nitrogens is 1. The van der Waals surface area contributed by atoms with Crippen LogP contribution >= 0.6 is 31.9 Å². The molecule has 1 heterocycles. The minimum Gasteiger partial charge on any atom is -0.478 e. The van der Waals surface area contributed by atoms with Gasteiger partial charge in [0.25, 0.3) is 6.43 Å². The third-order valence-corrected chi connectivity index (χ3v) is 2.63. The Hall–Kier alpha value is -0.560. The van der Waals surface area contributed by atoms with E-state index in [4.69, 9.17) is 5.11 Å². The lowest BCUT2D eigenvalue weighted by Gasteiger charge is -2.05. The Bertz CT molecular complexity index is 384. The lowest BCUT2D eigenvalue weighted by atomic mass is 10.2. The molecule has 76 valence electrons. The Labute approximate surface area is 94.4 Å². The van der Waals surface area contributed by atoms with Gasteiger partial charge in [-0.2, -0.15) is 0 Å². The number of nitrogens with zero attached hydrogens (tertiary/aromatic N) is 1. The van der Waals surface area contributed by atoms with E-state index >= 15 is 0 Å². The minimum atomic E-state index is -2.75. The molecular formula is C7H3Br2F2NO2. The van der Waals surface area contributed by atoms with Gasteiger partial charge in [0.1, 0.15) is 10.3 Å². The number of carboxylic acid groups (broad SMARTS) is 1. The summed E-state index contributed by atoms with van der Waals surface area (Å²) in [4.78, 5) is 14.0. The van der Waals surface area contributed by atoms with E-state index in [-0.39, 0.29) is 14.6 Å². The average molecular weight is 331 g/mol. The molecule has 3 nitrogen and oxygen atoms in total. The Balaban J connectivity index is 3.31. The molecule has 0 amide bonds. The molecule has 0 bridgehead atoms. The second-order valence-electron chi connectivity index (χ2n) is 2.30. The Morgan fingerprint density at radius 3 is 2.50 bits per heavy atom. The van der Waals surface area contributed by atoms with E-state index in [9.17, 15) is 13.6 Å². The molecule has 1 N–H and O–H groups in total. The highest BCUT2D eigenvalue weighted by Crippen LogP contribution is 2.29. The van der Waals surface area contributed by atoms with Crippen LogP contribution in [0.3, 0.4) is 0 Å². The summed E-state index contributed by atoms with van der Waals surface area (Å²) in [7, 11) is 0. The number of pyridine rings is 1. The highest BCUT2D eigenvalue weighted by Gasteiger charge is 2.19. The number of rotatable bonds is 2. The number of hydrogen-bond donors (Lipinski definition) is 1. The third kappa shape index (κ3) is 2.27. The van der Waals surface area contributed by atoms with E-state index in [0.717, 1.165) is 6.07 Å². The predicted octanol–water partition coefficient (Wildman–Crippen LogP) is 3.24. The maximum Gasteiger partial charge on any atom is 0.338 e. The summed E-state index contributed by atoms with van der Waals surface area (Å²) in [5.41, 5.74) is -0.650. The van der Waals surface area contributed by atoms with Gasteiger partial charge < -0.3 is 5.11 Å². The molecule has 0 atom stereocenters. The summed E-state index contributed by atoms with van der Waals surface area (Å²) in [5.74, 6) is -1.23. The molecule has 0 aliphatic carbocycles. The summed E-state index contributed by atoms with van der Waals surface area (Å²) in [6, 6.07) is 1.08. The first-order valence-electron chi connectivity index (χ1n) is 3.31. The molecular weight excluding hydrogens is 328 g/mol. The van der Waals surface area contributed by atoms with Crippen LogP contribution in [-0.4, -0.2) is 16.1 Å². The van der Waals surface area contributed by atoms with E-state index in [1.165, 1.54) is 0 Å². The van der Waals surface area contributed by atoms with Crippen molar-refractivity contribution in [2.45, 2.75) is 6.43 Å². The number of carboxylic acids is 1. The van der Waals surface area contributed by atoms with Gasteiger partial charge in [-0.15, -0.1) is 0 Å². The zero-order valence-corrected chi connectivity index (χ0v) is 9.64. The third-order valence-electron chi connectivity index (χ3n) is 1.39. The molecule has 14 heavy (non-hydrogen) atoms. The lowest BCUT2D eigenvalue weighted by molar-refractivity contribution is 0.0694. The fourth-order valence-electron chi connectivity index (χ4n) is 0.783. The number of halogens is 4. The maximum atomic E-state index is 12.3. The van der Waals surface area contributed by atoms with Crippen LogP contribution in [0.5, 0.6) is 0 Å². The molecule has 1 rings (SSSR count). The Morgan fingerprint density at radius 2 is 2.07 bits per heavy atom. The van der Waals surface area contributed by atoms with Gasteiger partial charge in [0.05, 0.1) is 5.56 Å². The SMILES string of the molecule is O=C(O)c1cc(Br)c(C(F)F)nc1Br. The van der Waals surface area contributed by atoms with Crippen molar-refractivity contribution in [1.29, 1.82) is 0 Å². The second kappa shape index (κ2) is 4.31. The van der Waals surface area contributed by atoms with Crippen molar-refractivity contribution in [2.24, 2.45) is 0 Å². The molecule has 0 aliphatic heterocycles. The van der Waals surface area contributed by atoms with Crippen LogP contribution in [0.25, 0.3) is 0 Å². The van der Waals surface area contributed by atoms with Crippen LogP contribution in [0.2, 0.25) is 0 Å².